The molecular weight excluding hydrogens is 414 g/mol. The predicted octanol–water partition coefficient (Wildman–Crippen LogP) is 2.36. The molecule has 8 heteroatoms. The summed E-state index contributed by atoms with van der Waals surface area (Å²) in [7, 11) is -3.71. The third-order valence-electron chi connectivity index (χ3n) is 5.07. The lowest BCUT2D eigenvalue weighted by Crippen LogP contribution is -2.52. The fourth-order valence-corrected chi connectivity index (χ4v) is 4.24. The second kappa shape index (κ2) is 10.9. The Bertz CT molecular complexity index is 993. The van der Waals surface area contributed by atoms with Gasteiger partial charge in [0.15, 0.2) is 0 Å². The molecule has 0 saturated carbocycles. The zero-order chi connectivity index (χ0) is 23.0. The maximum atomic E-state index is 13.3. The van der Waals surface area contributed by atoms with E-state index in [0.29, 0.717) is 25.2 Å². The van der Waals surface area contributed by atoms with Crippen molar-refractivity contribution < 1.29 is 18.0 Å². The van der Waals surface area contributed by atoms with Gasteiger partial charge in [-0.1, -0.05) is 48.5 Å². The first-order valence-electron chi connectivity index (χ1n) is 10.3. The second-order valence-corrected chi connectivity index (χ2v) is 9.36. The maximum absolute atomic E-state index is 13.3. The number of nitrogens with zero attached hydrogens (tertiary/aromatic N) is 2. The van der Waals surface area contributed by atoms with E-state index in [0.717, 1.165) is 21.7 Å². The maximum Gasteiger partial charge on any atom is 0.244 e. The summed E-state index contributed by atoms with van der Waals surface area (Å²) in [5.41, 5.74) is 2.22. The van der Waals surface area contributed by atoms with Crippen molar-refractivity contribution >= 4 is 27.5 Å². The van der Waals surface area contributed by atoms with E-state index >= 15 is 0 Å². The topological polar surface area (TPSA) is 86.8 Å². The van der Waals surface area contributed by atoms with E-state index in [4.69, 9.17) is 0 Å². The molecular formula is C23H31N3O4S. The van der Waals surface area contributed by atoms with Gasteiger partial charge < -0.3 is 10.2 Å². The highest BCUT2D eigenvalue weighted by atomic mass is 32.2. The van der Waals surface area contributed by atoms with Gasteiger partial charge in [0.25, 0.3) is 0 Å². The van der Waals surface area contributed by atoms with E-state index in [1.807, 2.05) is 43.3 Å². The molecule has 1 unspecified atom stereocenters. The van der Waals surface area contributed by atoms with Crippen LogP contribution in [-0.2, 0) is 26.0 Å². The summed E-state index contributed by atoms with van der Waals surface area (Å²) in [6.45, 7) is 5.64. The highest BCUT2D eigenvalue weighted by Gasteiger charge is 2.29. The van der Waals surface area contributed by atoms with Crippen LogP contribution < -0.4 is 9.62 Å². The number of sulfonamides is 1. The number of benzene rings is 2. The number of hydrogen-bond acceptors (Lipinski definition) is 4. The van der Waals surface area contributed by atoms with Gasteiger partial charge in [-0.15, -0.1) is 0 Å². The molecule has 0 heterocycles. The Morgan fingerprint density at radius 1 is 1.03 bits per heavy atom. The zero-order valence-corrected chi connectivity index (χ0v) is 19.4. The first-order valence-corrected chi connectivity index (χ1v) is 12.1. The predicted molar refractivity (Wildman–Crippen MR) is 123 cm³/mol. The van der Waals surface area contributed by atoms with Crippen molar-refractivity contribution in [3.05, 3.63) is 65.7 Å². The van der Waals surface area contributed by atoms with Crippen LogP contribution in [0, 0.1) is 6.92 Å². The van der Waals surface area contributed by atoms with Crippen molar-refractivity contribution in [1.82, 2.24) is 10.2 Å². The Kier molecular flexibility index (Phi) is 8.62. The van der Waals surface area contributed by atoms with Gasteiger partial charge in [-0.2, -0.15) is 0 Å². The summed E-state index contributed by atoms with van der Waals surface area (Å²) in [6, 6.07) is 15.9. The van der Waals surface area contributed by atoms with Crippen molar-refractivity contribution in [3.8, 4) is 0 Å². The van der Waals surface area contributed by atoms with E-state index in [2.05, 4.69) is 5.32 Å². The summed E-state index contributed by atoms with van der Waals surface area (Å²) in [5.74, 6) is -0.700. The average molecular weight is 446 g/mol. The van der Waals surface area contributed by atoms with Gasteiger partial charge in [0, 0.05) is 13.1 Å². The summed E-state index contributed by atoms with van der Waals surface area (Å²) in [4.78, 5) is 27.2. The minimum absolute atomic E-state index is 0.272. The van der Waals surface area contributed by atoms with E-state index in [9.17, 15) is 18.0 Å². The Balaban J connectivity index is 2.30. The lowest BCUT2D eigenvalue weighted by Gasteiger charge is -2.31. The van der Waals surface area contributed by atoms with Crippen molar-refractivity contribution in [1.29, 1.82) is 0 Å². The molecule has 0 aromatic heterocycles. The second-order valence-electron chi connectivity index (χ2n) is 7.45. The monoisotopic (exact) mass is 445 g/mol. The number of hydrogen-bond donors (Lipinski definition) is 1. The van der Waals surface area contributed by atoms with Crippen LogP contribution in [0.2, 0.25) is 0 Å². The summed E-state index contributed by atoms with van der Waals surface area (Å²) in [5, 5.41) is 2.74. The van der Waals surface area contributed by atoms with Crippen LogP contribution in [0.15, 0.2) is 54.6 Å². The van der Waals surface area contributed by atoms with Gasteiger partial charge in [-0.25, -0.2) is 8.42 Å². The Morgan fingerprint density at radius 3 is 2.23 bits per heavy atom. The molecule has 168 valence electrons. The number of amides is 2. The molecule has 0 aliphatic carbocycles. The first kappa shape index (κ1) is 24.4. The fourth-order valence-electron chi connectivity index (χ4n) is 3.33. The fraction of sp³-hybridized carbons (Fsp3) is 0.391. The number of carbonyl (C=O) groups is 2. The van der Waals surface area contributed by atoms with E-state index in [1.165, 1.54) is 4.90 Å². The lowest BCUT2D eigenvalue weighted by atomic mass is 10.1. The van der Waals surface area contributed by atoms with Crippen molar-refractivity contribution in [2.75, 3.05) is 30.2 Å². The van der Waals surface area contributed by atoms with Crippen LogP contribution in [-0.4, -0.2) is 57.1 Å². The molecule has 0 aliphatic rings. The highest BCUT2D eigenvalue weighted by Crippen LogP contribution is 2.22. The van der Waals surface area contributed by atoms with E-state index < -0.39 is 22.0 Å². The molecule has 0 aliphatic heterocycles. The molecule has 0 saturated heterocycles. The quantitative estimate of drug-likeness (QED) is 0.608. The van der Waals surface area contributed by atoms with Gasteiger partial charge in [0.1, 0.15) is 12.6 Å². The molecule has 2 aromatic carbocycles. The third-order valence-corrected chi connectivity index (χ3v) is 6.19. The van der Waals surface area contributed by atoms with E-state index in [1.54, 1.807) is 32.0 Å². The van der Waals surface area contributed by atoms with E-state index in [-0.39, 0.29) is 12.5 Å². The summed E-state index contributed by atoms with van der Waals surface area (Å²) in [6.07, 6.45) is 1.63. The molecule has 1 N–H and O–H groups in total. The normalized spacial score (nSPS) is 12.1. The SMILES string of the molecule is CCNC(=O)C(C)N(CCc1ccccc1)C(=O)CN(c1ccccc1C)S(C)(=O)=O. The van der Waals surface area contributed by atoms with Gasteiger partial charge in [0.05, 0.1) is 11.9 Å². The molecule has 2 rings (SSSR count). The van der Waals surface area contributed by atoms with Crippen LogP contribution in [0.3, 0.4) is 0 Å². The van der Waals surface area contributed by atoms with Crippen molar-refractivity contribution in [2.45, 2.75) is 33.2 Å². The van der Waals surface area contributed by atoms with Crippen LogP contribution >= 0.6 is 0 Å². The van der Waals surface area contributed by atoms with Crippen LogP contribution in [0.4, 0.5) is 5.69 Å². The number of anilines is 1. The van der Waals surface area contributed by atoms with Gasteiger partial charge in [0.2, 0.25) is 21.8 Å². The minimum Gasteiger partial charge on any atom is -0.355 e. The van der Waals surface area contributed by atoms with Gasteiger partial charge >= 0.3 is 0 Å². The number of nitrogens with one attached hydrogen (secondary N) is 1. The third kappa shape index (κ3) is 6.82. The molecule has 2 aromatic rings. The number of aryl methyl sites for hydroxylation is 1. The molecule has 0 fully saturated rings. The average Bonchev–Trinajstić information content (AvgIpc) is 2.73. The highest BCUT2D eigenvalue weighted by molar-refractivity contribution is 7.92. The molecule has 31 heavy (non-hydrogen) atoms. The number of likely N-dealkylation sites (N-methyl/N-ethyl adjacent to an activating group) is 1. The van der Waals surface area contributed by atoms with Crippen LogP contribution in [0.1, 0.15) is 25.0 Å². The Hall–Kier alpha value is -2.87. The molecule has 2 amide bonds. The van der Waals surface area contributed by atoms with Crippen LogP contribution in [0.25, 0.3) is 0 Å². The zero-order valence-electron chi connectivity index (χ0n) is 18.5. The minimum atomic E-state index is -3.71. The Morgan fingerprint density at radius 2 is 1.65 bits per heavy atom. The van der Waals surface area contributed by atoms with Crippen LogP contribution in [0.5, 0.6) is 0 Å². The molecule has 1 atom stereocenters. The molecule has 7 nitrogen and oxygen atoms in total. The molecule has 0 radical (unpaired) electrons. The van der Waals surface area contributed by atoms with Crippen molar-refractivity contribution in [2.24, 2.45) is 0 Å². The smallest absolute Gasteiger partial charge is 0.244 e. The molecule has 0 bridgehead atoms. The Labute approximate surface area is 185 Å². The van der Waals surface area contributed by atoms with Gasteiger partial charge in [-0.05, 0) is 44.4 Å². The summed E-state index contributed by atoms with van der Waals surface area (Å²) < 4.78 is 26.1. The van der Waals surface area contributed by atoms with Crippen molar-refractivity contribution in [3.63, 3.8) is 0 Å². The van der Waals surface area contributed by atoms with Gasteiger partial charge in [-0.3, -0.25) is 13.9 Å². The first-order chi connectivity index (χ1) is 14.6. The standard InChI is InChI=1S/C23H31N3O4S/c1-5-24-23(28)19(3)25(16-15-20-12-7-6-8-13-20)22(27)17-26(31(4,29)30)21-14-10-9-11-18(21)2/h6-14,19H,5,15-17H2,1-4H3,(H,24,28). The molecule has 0 spiro atoms. The number of rotatable bonds is 10. The largest absolute Gasteiger partial charge is 0.355 e. The number of para-hydroxylation sites is 1. The summed E-state index contributed by atoms with van der Waals surface area (Å²) >= 11 is 0. The number of carbonyl (C=O) groups excluding carboxylic acids is 2. The lowest BCUT2D eigenvalue weighted by molar-refractivity contribution is -0.138.